The van der Waals surface area contributed by atoms with Crippen LogP contribution in [0.25, 0.3) is 0 Å². The van der Waals surface area contributed by atoms with Crippen LogP contribution in [0.2, 0.25) is 26.2 Å². The lowest BCUT2D eigenvalue weighted by molar-refractivity contribution is 0.253. The summed E-state index contributed by atoms with van der Waals surface area (Å²) >= 11 is 0. The monoisotopic (exact) mass is 1280 g/mol. The van der Waals surface area contributed by atoms with E-state index in [0.29, 0.717) is 0 Å². The Balaban J connectivity index is 0.966. The standard InChI is InChI=1S/C76H68O4P4Si4/c1-85(73-53-45-69(46-54-73)81(61-29-13-5-14-30-61)62-31-15-6-16-32-62)77-86(2,74-55-47-70(48-56-74)82(63-33-17-7-18-34-63)64-35-19-8-20-36-64)79-88(4,76-59-51-72(52-60-76)84(67-41-25-11-26-42-67)68-43-27-12-28-44-68)80-87(3,78-85)75-57-49-71(50-58-75)83(65-37-21-9-22-38-65)66-39-23-10-24-40-66/h5-60H,1-4H3. The summed E-state index contributed by atoms with van der Waals surface area (Å²) in [7, 11) is -17.7. The zero-order valence-corrected chi connectivity index (χ0v) is 57.3. The Kier molecular flexibility index (Phi) is 18.2. The van der Waals surface area contributed by atoms with Crippen molar-refractivity contribution in [2.24, 2.45) is 0 Å². The molecule has 0 spiro atoms. The van der Waals surface area contributed by atoms with E-state index in [4.69, 9.17) is 16.5 Å². The molecule has 12 heteroatoms. The van der Waals surface area contributed by atoms with E-state index in [9.17, 15) is 0 Å². The van der Waals surface area contributed by atoms with Gasteiger partial charge in [-0.2, -0.15) is 0 Å². The Morgan fingerprint density at radius 2 is 0.273 bits per heavy atom. The first-order valence-corrected chi connectivity index (χ1v) is 44.5. The Hall–Kier alpha value is -6.93. The summed E-state index contributed by atoms with van der Waals surface area (Å²) in [6.07, 6.45) is 0. The quantitative estimate of drug-likeness (QED) is 0.0714. The van der Waals surface area contributed by atoms with Gasteiger partial charge in [-0.05, 0) is 142 Å². The van der Waals surface area contributed by atoms with Gasteiger partial charge in [0.25, 0.3) is 0 Å². The van der Waals surface area contributed by atoms with Crippen molar-refractivity contribution < 1.29 is 16.5 Å². The Morgan fingerprint density at radius 1 is 0.159 bits per heavy atom. The van der Waals surface area contributed by atoms with E-state index in [2.05, 4.69) is 366 Å². The van der Waals surface area contributed by atoms with Crippen LogP contribution < -0.4 is 84.4 Å². The van der Waals surface area contributed by atoms with E-state index in [1.807, 2.05) is 0 Å². The molecule has 0 N–H and O–H groups in total. The first kappa shape index (κ1) is 60.0. The summed E-state index contributed by atoms with van der Waals surface area (Å²) in [6, 6.07) is 124. The SMILES string of the molecule is C[Si]1(c2ccc(P(c3ccccc3)c3ccccc3)cc2)O[Si](C)(c2ccc(P(c3ccccc3)c3ccccc3)cc2)O[Si](C)(c2ccc(P(c3ccccc3)c3ccccc3)cc2)O[Si](C)(c2ccc(P(c3ccccc3)c3ccccc3)cc2)O1. The molecule has 0 aliphatic carbocycles. The predicted molar refractivity (Wildman–Crippen MR) is 390 cm³/mol. The third-order valence-electron chi connectivity index (χ3n) is 16.3. The first-order valence-electron chi connectivity index (χ1n) is 29.9. The van der Waals surface area contributed by atoms with Crippen molar-refractivity contribution in [3.8, 4) is 0 Å². The smallest absolute Gasteiger partial charge is 0.352 e. The summed E-state index contributed by atoms with van der Waals surface area (Å²) in [4.78, 5) is 0. The van der Waals surface area contributed by atoms with Gasteiger partial charge in [0.1, 0.15) is 0 Å². The van der Waals surface area contributed by atoms with Crippen molar-refractivity contribution in [1.29, 1.82) is 0 Å². The molecule has 13 rings (SSSR count). The molecule has 0 amide bonds. The van der Waals surface area contributed by atoms with Gasteiger partial charge in [-0.25, -0.2) is 0 Å². The lowest BCUT2D eigenvalue weighted by atomic mass is 10.3. The third kappa shape index (κ3) is 12.9. The second-order valence-corrected chi connectivity index (χ2v) is 44.4. The minimum Gasteiger partial charge on any atom is -0.409 e. The van der Waals surface area contributed by atoms with Crippen LogP contribution in [-0.2, 0) is 16.5 Å². The molecular formula is C76H68O4P4Si4. The highest BCUT2D eigenvalue weighted by atomic mass is 31.1. The zero-order chi connectivity index (χ0) is 60.0. The fraction of sp³-hybridized carbons (Fsp3) is 0.0526. The van der Waals surface area contributed by atoms with E-state index in [1.165, 1.54) is 63.7 Å². The number of benzene rings is 12. The van der Waals surface area contributed by atoms with Crippen LogP contribution >= 0.6 is 31.7 Å². The average molecular weight is 1280 g/mol. The van der Waals surface area contributed by atoms with Crippen molar-refractivity contribution in [3.05, 3.63) is 340 Å². The Bertz CT molecular complexity index is 3470. The maximum atomic E-state index is 8.21. The van der Waals surface area contributed by atoms with Crippen LogP contribution in [0, 0.1) is 0 Å². The van der Waals surface area contributed by atoms with Gasteiger partial charge in [-0.3, -0.25) is 0 Å². The first-order chi connectivity index (χ1) is 43.0. The molecule has 1 heterocycles. The van der Waals surface area contributed by atoms with Gasteiger partial charge in [0.05, 0.1) is 0 Å². The van der Waals surface area contributed by atoms with Gasteiger partial charge in [-0.15, -0.1) is 0 Å². The van der Waals surface area contributed by atoms with E-state index in [-0.39, 0.29) is 0 Å². The maximum absolute atomic E-state index is 8.21. The fourth-order valence-corrected chi connectivity index (χ4v) is 42.1. The van der Waals surface area contributed by atoms with Gasteiger partial charge >= 0.3 is 34.2 Å². The average Bonchev–Trinajstić information content (AvgIpc) is 1.05. The van der Waals surface area contributed by atoms with Crippen LogP contribution in [0.3, 0.4) is 0 Å². The highest BCUT2D eigenvalue weighted by Crippen LogP contribution is 2.38. The molecular weight excluding hydrogens is 1210 g/mol. The van der Waals surface area contributed by atoms with Crippen molar-refractivity contribution in [1.82, 2.24) is 0 Å². The lowest BCUT2D eigenvalue weighted by Crippen LogP contribution is -2.77. The summed E-state index contributed by atoms with van der Waals surface area (Å²) in [6.45, 7) is 8.98. The number of rotatable bonds is 16. The van der Waals surface area contributed by atoms with Gasteiger partial charge < -0.3 is 16.5 Å². The van der Waals surface area contributed by atoms with Crippen LogP contribution in [0.1, 0.15) is 0 Å². The minimum absolute atomic E-state index is 0.858. The molecule has 432 valence electrons. The molecule has 12 aromatic rings. The van der Waals surface area contributed by atoms with E-state index < -0.39 is 65.9 Å². The summed E-state index contributed by atoms with van der Waals surface area (Å²) < 4.78 is 32.8. The van der Waals surface area contributed by atoms with Crippen LogP contribution in [-0.4, -0.2) is 34.2 Å². The largest absolute Gasteiger partial charge is 0.409 e. The summed E-state index contributed by atoms with van der Waals surface area (Å²) in [5.41, 5.74) is 0. The number of hydrogen-bond donors (Lipinski definition) is 0. The van der Waals surface area contributed by atoms with Gasteiger partial charge in [-0.1, -0.05) is 340 Å². The second kappa shape index (κ2) is 26.6. The molecule has 0 unspecified atom stereocenters. The predicted octanol–water partition coefficient (Wildman–Crippen LogP) is 11.0. The molecule has 0 radical (unpaired) electrons. The molecule has 0 bridgehead atoms. The third-order valence-corrected chi connectivity index (χ3v) is 44.0. The highest BCUT2D eigenvalue weighted by Gasteiger charge is 2.60. The minimum atomic E-state index is -3.58. The Labute approximate surface area is 528 Å². The molecule has 1 aliphatic heterocycles. The summed E-state index contributed by atoms with van der Waals surface area (Å²) in [5.74, 6) is 0. The second-order valence-electron chi connectivity index (χ2n) is 22.4. The lowest BCUT2D eigenvalue weighted by Gasteiger charge is -2.50. The van der Waals surface area contributed by atoms with Crippen molar-refractivity contribution in [2.45, 2.75) is 26.2 Å². The normalized spacial score (nSPS) is 19.5. The molecule has 4 nitrogen and oxygen atoms in total. The van der Waals surface area contributed by atoms with Gasteiger partial charge in [0, 0.05) is 0 Å². The molecule has 1 saturated heterocycles. The molecule has 0 saturated carbocycles. The molecule has 0 atom stereocenters. The van der Waals surface area contributed by atoms with Crippen LogP contribution in [0.4, 0.5) is 0 Å². The van der Waals surface area contributed by atoms with E-state index in [1.54, 1.807) is 0 Å². The maximum Gasteiger partial charge on any atom is 0.352 e. The van der Waals surface area contributed by atoms with Crippen molar-refractivity contribution in [3.63, 3.8) is 0 Å². The van der Waals surface area contributed by atoms with Crippen molar-refractivity contribution >= 4 is 150 Å². The fourth-order valence-electron chi connectivity index (χ4n) is 12.1. The molecule has 12 aromatic carbocycles. The molecule has 0 aromatic heterocycles. The summed E-state index contributed by atoms with van der Waals surface area (Å²) in [5, 5.41) is 19.5. The van der Waals surface area contributed by atoms with Gasteiger partial charge in [0.15, 0.2) is 0 Å². The molecule has 88 heavy (non-hydrogen) atoms. The van der Waals surface area contributed by atoms with Crippen LogP contribution in [0.5, 0.6) is 0 Å². The van der Waals surface area contributed by atoms with Crippen LogP contribution in [0.15, 0.2) is 340 Å². The molecule has 1 aliphatic rings. The topological polar surface area (TPSA) is 36.9 Å². The molecule has 1 fully saturated rings. The van der Waals surface area contributed by atoms with Crippen molar-refractivity contribution in [2.75, 3.05) is 0 Å². The number of hydrogen-bond acceptors (Lipinski definition) is 4. The Morgan fingerprint density at radius 3 is 0.398 bits per heavy atom. The van der Waals surface area contributed by atoms with E-state index >= 15 is 0 Å². The zero-order valence-electron chi connectivity index (χ0n) is 49.8. The highest BCUT2D eigenvalue weighted by molar-refractivity contribution is 7.81. The van der Waals surface area contributed by atoms with Gasteiger partial charge in [0.2, 0.25) is 0 Å². The van der Waals surface area contributed by atoms with E-state index in [0.717, 1.165) is 20.7 Å².